The van der Waals surface area contributed by atoms with Gasteiger partial charge < -0.3 is 0 Å². The lowest BCUT2D eigenvalue weighted by Gasteiger charge is -2.63. The molecule has 0 spiro atoms. The average Bonchev–Trinajstić information content (AvgIpc) is 3.06. The minimum Gasteiger partial charge on any atom is -0.289 e. The topological polar surface area (TPSA) is 58.3 Å². The molecule has 0 aromatic carbocycles. The fourth-order valence-electron chi connectivity index (χ4n) is 9.60. The first-order valence-corrected chi connectivity index (χ1v) is 13.7. The number of rotatable bonds is 6. The summed E-state index contributed by atoms with van der Waals surface area (Å²) in [6, 6.07) is 0. The predicted octanol–water partition coefficient (Wildman–Crippen LogP) is 6.50. The van der Waals surface area contributed by atoms with Gasteiger partial charge in [-0.2, -0.15) is 0 Å². The van der Waals surface area contributed by atoms with Crippen LogP contribution in [0.15, 0.2) is 11.6 Å². The third-order valence-electron chi connectivity index (χ3n) is 11.1. The molecule has 0 aromatic rings. The van der Waals surface area contributed by atoms with Gasteiger partial charge in [0.05, 0.1) is 0 Å². The quantitative estimate of drug-likeness (QED) is 0.368. The molecule has 0 heterocycles. The largest absolute Gasteiger partial charge is 0.699 e. The van der Waals surface area contributed by atoms with Crippen LogP contribution in [0.3, 0.4) is 0 Å². The van der Waals surface area contributed by atoms with Crippen LogP contribution in [0, 0.1) is 45.8 Å². The van der Waals surface area contributed by atoms with E-state index in [1.54, 1.807) is 5.57 Å². The molecular weight excluding hydrogens is 394 g/mol. The lowest BCUT2D eigenvalue weighted by Crippen LogP contribution is -2.60. The maximum absolute atomic E-state index is 9.54. The first-order valence-electron chi connectivity index (χ1n) is 13.7. The SMILES string of the molecule is CC(C)CCCC(C)[C@H]1CCC2[C@@]3(C)CC=C4C[C@@H](OC([NH3+])=[OH+])CC[C@]4(C)C3CC[C@@]21C. The monoisotopic (exact) mass is 445 g/mol. The standard InChI is InChI=1S/C29H49NO2/c1-19(2)8-7-9-20(3)23-10-11-24-28(23,5)17-14-25-27(4)16-13-22(32-26(30)31)18-21(27)12-15-29(24,25)6/h12,19-20,22-25H,7-11,13-18H2,1-6H3,(H2,30,31)/p+2/t20?,22-,23+,24?,25?,27-,28+,29+/m0/s1. The third-order valence-corrected chi connectivity index (χ3v) is 11.1. The molecule has 3 nitrogen and oxygen atoms in total. The summed E-state index contributed by atoms with van der Waals surface area (Å²) in [5.41, 5.74) is 6.44. The number of hydrogen-bond donors (Lipinski definition) is 1. The van der Waals surface area contributed by atoms with E-state index in [1.165, 1.54) is 57.8 Å². The van der Waals surface area contributed by atoms with Gasteiger partial charge in [-0.15, -0.1) is 0 Å². The first kappa shape index (κ1) is 24.3. The molecule has 3 heteroatoms. The maximum Gasteiger partial charge on any atom is 0.699 e. The van der Waals surface area contributed by atoms with E-state index in [4.69, 9.17) is 4.74 Å². The van der Waals surface area contributed by atoms with E-state index in [-0.39, 0.29) is 12.2 Å². The van der Waals surface area contributed by atoms with Crippen LogP contribution in [-0.4, -0.2) is 17.0 Å². The van der Waals surface area contributed by atoms with Gasteiger partial charge in [-0.05, 0) is 84.4 Å². The highest BCUT2D eigenvalue weighted by Gasteiger charge is 2.64. The van der Waals surface area contributed by atoms with Gasteiger partial charge in [0, 0.05) is 12.8 Å². The summed E-state index contributed by atoms with van der Waals surface area (Å²) in [6.07, 6.45) is 17.0. The molecule has 3 saturated carbocycles. The van der Waals surface area contributed by atoms with Crippen molar-refractivity contribution < 1.29 is 15.3 Å². The summed E-state index contributed by atoms with van der Waals surface area (Å²) in [4.78, 5) is 9.54. The number of amides is 1. The zero-order valence-electron chi connectivity index (χ0n) is 21.9. The Hall–Kier alpha value is -0.830. The van der Waals surface area contributed by atoms with Crippen LogP contribution in [0.25, 0.3) is 0 Å². The summed E-state index contributed by atoms with van der Waals surface area (Å²) in [5.74, 6) is 4.28. The minimum atomic E-state index is -0.118. The molecule has 1 amide bonds. The van der Waals surface area contributed by atoms with E-state index in [1.807, 2.05) is 0 Å². The Labute approximate surface area is 197 Å². The second-order valence-electron chi connectivity index (χ2n) is 13.4. The third kappa shape index (κ3) is 3.99. The van der Waals surface area contributed by atoms with Gasteiger partial charge in [0.25, 0.3) is 0 Å². The zero-order chi connectivity index (χ0) is 23.3. The van der Waals surface area contributed by atoms with Crippen LogP contribution in [0.2, 0.25) is 0 Å². The fraction of sp³-hybridized carbons (Fsp3) is 0.897. The van der Waals surface area contributed by atoms with E-state index in [9.17, 15) is 4.79 Å². The Balaban J connectivity index is 1.52. The Morgan fingerprint density at radius 1 is 1.03 bits per heavy atom. The Morgan fingerprint density at radius 3 is 2.47 bits per heavy atom. The van der Waals surface area contributed by atoms with Crippen LogP contribution in [-0.2, 0) is 4.74 Å². The summed E-state index contributed by atoms with van der Waals surface area (Å²) >= 11 is 0. The molecule has 0 radical (unpaired) electrons. The highest BCUT2D eigenvalue weighted by Crippen LogP contribution is 2.72. The molecule has 3 unspecified atom stereocenters. The van der Waals surface area contributed by atoms with E-state index in [2.05, 4.69) is 53.4 Å². The van der Waals surface area contributed by atoms with Gasteiger partial charge in [-0.1, -0.05) is 72.5 Å². The van der Waals surface area contributed by atoms with Gasteiger partial charge >= 0.3 is 6.09 Å². The van der Waals surface area contributed by atoms with Crippen LogP contribution in [0.4, 0.5) is 0 Å². The second-order valence-corrected chi connectivity index (χ2v) is 13.4. The lowest BCUT2D eigenvalue weighted by atomic mass is 9.41. The maximum atomic E-state index is 9.54. The van der Waals surface area contributed by atoms with Crippen molar-refractivity contribution in [3.8, 4) is 0 Å². The van der Waals surface area contributed by atoms with Gasteiger partial charge in [-0.3, -0.25) is 9.53 Å². The fourth-order valence-corrected chi connectivity index (χ4v) is 9.60. The summed E-state index contributed by atoms with van der Waals surface area (Å²) in [6.45, 7) is 15.2. The number of allylic oxidation sites excluding steroid dienone is 1. The number of carbonyl (C=O) groups excluding carboxylic acids is 1. The molecule has 4 aliphatic carbocycles. The molecular formula is C29H51NO2+2. The molecule has 4 rings (SSSR count). The van der Waals surface area contributed by atoms with E-state index in [0.717, 1.165) is 42.4 Å². The normalized spacial score (nSPS) is 44.3. The molecule has 182 valence electrons. The average molecular weight is 446 g/mol. The van der Waals surface area contributed by atoms with Crippen LogP contribution < -0.4 is 5.73 Å². The molecule has 8 atom stereocenters. The molecule has 0 bridgehead atoms. The Bertz CT molecular complexity index is 743. The molecule has 32 heavy (non-hydrogen) atoms. The van der Waals surface area contributed by atoms with Crippen molar-refractivity contribution >= 4 is 6.09 Å². The van der Waals surface area contributed by atoms with Crippen molar-refractivity contribution in [2.45, 2.75) is 118 Å². The van der Waals surface area contributed by atoms with Gasteiger partial charge in [-0.25, -0.2) is 5.73 Å². The number of ether oxygens (including phenoxy) is 1. The molecule has 4 N–H and O–H groups in total. The predicted molar refractivity (Wildman–Crippen MR) is 132 cm³/mol. The molecule has 0 aromatic heterocycles. The van der Waals surface area contributed by atoms with Crippen LogP contribution >= 0.6 is 0 Å². The smallest absolute Gasteiger partial charge is 0.289 e. The second kappa shape index (κ2) is 8.75. The van der Waals surface area contributed by atoms with Crippen molar-refractivity contribution in [1.82, 2.24) is 0 Å². The highest BCUT2D eigenvalue weighted by molar-refractivity contribution is 5.55. The summed E-state index contributed by atoms with van der Waals surface area (Å²) in [5, 5.41) is 0. The number of hydrogen-bond acceptors (Lipinski definition) is 1. The molecule has 0 aliphatic heterocycles. The van der Waals surface area contributed by atoms with Crippen molar-refractivity contribution in [1.29, 1.82) is 0 Å². The number of quaternary nitrogens is 1. The van der Waals surface area contributed by atoms with Crippen molar-refractivity contribution in [2.24, 2.45) is 45.8 Å². The lowest BCUT2D eigenvalue weighted by molar-refractivity contribution is -0.270. The van der Waals surface area contributed by atoms with E-state index in [0.29, 0.717) is 16.2 Å². The Morgan fingerprint density at radius 2 is 1.78 bits per heavy atom. The summed E-state index contributed by atoms with van der Waals surface area (Å²) in [7, 11) is 0. The highest BCUT2D eigenvalue weighted by atomic mass is 16.6. The minimum absolute atomic E-state index is 0.104. The van der Waals surface area contributed by atoms with E-state index >= 15 is 0 Å². The van der Waals surface area contributed by atoms with Crippen LogP contribution in [0.5, 0.6) is 0 Å². The van der Waals surface area contributed by atoms with Crippen molar-refractivity contribution in [2.75, 3.05) is 0 Å². The molecule has 0 saturated heterocycles. The van der Waals surface area contributed by atoms with Gasteiger partial charge in [0.1, 0.15) is 0 Å². The van der Waals surface area contributed by atoms with Gasteiger partial charge in [0.15, 0.2) is 0 Å². The number of fused-ring (bicyclic) bond motifs is 5. The molecule has 4 aliphatic rings. The zero-order valence-corrected chi connectivity index (χ0v) is 21.9. The molecule has 3 fully saturated rings. The Kier molecular flexibility index (Phi) is 6.64. The summed E-state index contributed by atoms with van der Waals surface area (Å²) < 4.78 is 5.64. The first-order chi connectivity index (χ1) is 15.0. The van der Waals surface area contributed by atoms with Crippen molar-refractivity contribution in [3.63, 3.8) is 0 Å². The van der Waals surface area contributed by atoms with Crippen molar-refractivity contribution in [3.05, 3.63) is 11.6 Å². The van der Waals surface area contributed by atoms with E-state index < -0.39 is 0 Å². The van der Waals surface area contributed by atoms with Gasteiger partial charge in [0.2, 0.25) is 6.10 Å². The van der Waals surface area contributed by atoms with Crippen LogP contribution in [0.1, 0.15) is 112 Å².